The fourth-order valence-corrected chi connectivity index (χ4v) is 4.08. The number of anilines is 1. The Bertz CT molecular complexity index is 1300. The molecule has 4 aromatic rings. The van der Waals surface area contributed by atoms with Gasteiger partial charge in [0.05, 0.1) is 17.6 Å². The third kappa shape index (κ3) is 5.01. The van der Waals surface area contributed by atoms with Crippen molar-refractivity contribution in [3.8, 4) is 11.4 Å². The van der Waals surface area contributed by atoms with Crippen molar-refractivity contribution in [1.82, 2.24) is 14.7 Å². The first kappa shape index (κ1) is 22.6. The van der Waals surface area contributed by atoms with Gasteiger partial charge in [0.2, 0.25) is 0 Å². The Morgan fingerprint density at radius 3 is 2.26 bits per heavy atom. The van der Waals surface area contributed by atoms with E-state index in [-0.39, 0.29) is 29.8 Å². The molecule has 3 aromatic carbocycles. The zero-order chi connectivity index (χ0) is 24.2. The number of aromatic nitrogens is 2. The molecular weight excluding hydrogens is 450 g/mol. The Hall–Kier alpha value is -4.20. The van der Waals surface area contributed by atoms with Gasteiger partial charge in [0.1, 0.15) is 18.2 Å². The van der Waals surface area contributed by atoms with E-state index < -0.39 is 0 Å². The van der Waals surface area contributed by atoms with Gasteiger partial charge in [0, 0.05) is 26.2 Å². The lowest BCUT2D eigenvalue weighted by atomic mass is 10.2. The van der Waals surface area contributed by atoms with Crippen molar-refractivity contribution in [3.05, 3.63) is 108 Å². The van der Waals surface area contributed by atoms with E-state index in [1.165, 1.54) is 22.9 Å². The van der Waals surface area contributed by atoms with Gasteiger partial charge >= 0.3 is 0 Å². The van der Waals surface area contributed by atoms with Gasteiger partial charge in [-0.1, -0.05) is 42.5 Å². The van der Waals surface area contributed by atoms with Crippen LogP contribution in [0.15, 0.2) is 85.1 Å². The number of nitrogens with zero attached hydrogens (tertiary/aromatic N) is 4. The van der Waals surface area contributed by atoms with Crippen molar-refractivity contribution in [1.29, 1.82) is 0 Å². The quantitative estimate of drug-likeness (QED) is 0.407. The van der Waals surface area contributed by atoms with Crippen LogP contribution < -0.4 is 9.64 Å². The predicted molar refractivity (Wildman–Crippen MR) is 129 cm³/mol. The Morgan fingerprint density at radius 1 is 0.857 bits per heavy atom. The maximum atomic E-state index is 14.2. The van der Waals surface area contributed by atoms with E-state index in [0.29, 0.717) is 43.3 Å². The van der Waals surface area contributed by atoms with Gasteiger partial charge in [-0.3, -0.25) is 4.79 Å². The highest BCUT2D eigenvalue weighted by molar-refractivity contribution is 5.95. The maximum Gasteiger partial charge on any atom is 0.278 e. The van der Waals surface area contributed by atoms with Crippen molar-refractivity contribution in [2.75, 3.05) is 31.1 Å². The average molecular weight is 475 g/mol. The molecule has 35 heavy (non-hydrogen) atoms. The van der Waals surface area contributed by atoms with E-state index in [1.54, 1.807) is 41.4 Å². The highest BCUT2D eigenvalue weighted by atomic mass is 19.1. The van der Waals surface area contributed by atoms with Gasteiger partial charge in [0.25, 0.3) is 5.91 Å². The van der Waals surface area contributed by atoms with Crippen LogP contribution in [0, 0.1) is 11.6 Å². The average Bonchev–Trinajstić information content (AvgIpc) is 3.33. The van der Waals surface area contributed by atoms with Crippen LogP contribution in [-0.4, -0.2) is 46.8 Å². The summed E-state index contributed by atoms with van der Waals surface area (Å²) in [5.74, 6) is -0.547. The van der Waals surface area contributed by atoms with Crippen LogP contribution in [0.5, 0.6) is 5.75 Å². The Morgan fingerprint density at radius 2 is 1.54 bits per heavy atom. The molecule has 1 aliphatic heterocycles. The normalized spacial score (nSPS) is 13.7. The molecule has 0 radical (unpaired) electrons. The monoisotopic (exact) mass is 474 g/mol. The topological polar surface area (TPSA) is 50.6 Å². The molecule has 1 aromatic heterocycles. The second-order valence-electron chi connectivity index (χ2n) is 8.27. The lowest BCUT2D eigenvalue weighted by Gasteiger charge is -2.36. The minimum Gasteiger partial charge on any atom is -0.485 e. The standard InChI is InChI=1S/C27H24F2N4O2/c28-21-10-12-22(13-11-21)33-18-25(35-19-20-6-2-1-3-7-20)26(30-33)27(34)32-16-14-31(15-17-32)24-9-5-4-8-23(24)29/h1-13,18H,14-17,19H2. The Kier molecular flexibility index (Phi) is 6.43. The smallest absolute Gasteiger partial charge is 0.278 e. The first-order chi connectivity index (χ1) is 17.1. The lowest BCUT2D eigenvalue weighted by Crippen LogP contribution is -2.49. The van der Waals surface area contributed by atoms with Gasteiger partial charge in [-0.25, -0.2) is 13.5 Å². The van der Waals surface area contributed by atoms with Crippen LogP contribution >= 0.6 is 0 Å². The molecule has 0 unspecified atom stereocenters. The molecule has 0 N–H and O–H groups in total. The van der Waals surface area contributed by atoms with Crippen molar-refractivity contribution >= 4 is 11.6 Å². The molecule has 2 heterocycles. The summed E-state index contributed by atoms with van der Waals surface area (Å²) in [5, 5.41) is 4.49. The number of benzene rings is 3. The van der Waals surface area contributed by atoms with Gasteiger partial charge in [-0.15, -0.1) is 0 Å². The number of ether oxygens (including phenoxy) is 1. The summed E-state index contributed by atoms with van der Waals surface area (Å²) in [7, 11) is 0. The van der Waals surface area contributed by atoms with Crippen molar-refractivity contribution in [2.24, 2.45) is 0 Å². The van der Waals surface area contributed by atoms with E-state index in [9.17, 15) is 13.6 Å². The summed E-state index contributed by atoms with van der Waals surface area (Å²) in [6.45, 7) is 2.14. The third-order valence-corrected chi connectivity index (χ3v) is 5.97. The minimum absolute atomic E-state index is 0.185. The first-order valence-corrected chi connectivity index (χ1v) is 11.4. The van der Waals surface area contributed by atoms with Gasteiger partial charge < -0.3 is 14.5 Å². The molecule has 0 aliphatic carbocycles. The number of hydrogen-bond acceptors (Lipinski definition) is 4. The molecule has 0 saturated carbocycles. The van der Waals surface area contributed by atoms with E-state index in [1.807, 2.05) is 35.2 Å². The summed E-state index contributed by atoms with van der Waals surface area (Å²) >= 11 is 0. The molecule has 0 spiro atoms. The number of hydrogen-bond donors (Lipinski definition) is 0. The molecule has 0 atom stereocenters. The summed E-state index contributed by atoms with van der Waals surface area (Å²) in [6, 6.07) is 22.1. The number of piperazine rings is 1. The van der Waals surface area contributed by atoms with Gasteiger partial charge in [0.15, 0.2) is 11.4 Å². The summed E-state index contributed by atoms with van der Waals surface area (Å²) in [4.78, 5) is 17.1. The lowest BCUT2D eigenvalue weighted by molar-refractivity contribution is 0.0735. The number of carbonyl (C=O) groups excluding carboxylic acids is 1. The van der Waals surface area contributed by atoms with Crippen LogP contribution in [-0.2, 0) is 6.61 Å². The molecule has 8 heteroatoms. The number of para-hydroxylation sites is 1. The number of rotatable bonds is 6. The van der Waals surface area contributed by atoms with Crippen LogP contribution in [0.3, 0.4) is 0 Å². The summed E-state index contributed by atoms with van der Waals surface area (Å²) < 4.78 is 35.1. The first-order valence-electron chi connectivity index (χ1n) is 11.4. The largest absolute Gasteiger partial charge is 0.485 e. The highest BCUT2D eigenvalue weighted by Gasteiger charge is 2.28. The summed E-state index contributed by atoms with van der Waals surface area (Å²) in [6.07, 6.45) is 1.64. The molecular formula is C27H24F2N4O2. The van der Waals surface area contributed by atoms with Crippen molar-refractivity contribution in [3.63, 3.8) is 0 Å². The Balaban J connectivity index is 1.36. The van der Waals surface area contributed by atoms with Gasteiger partial charge in [-0.05, 0) is 42.0 Å². The van der Waals surface area contributed by atoms with Crippen LogP contribution in [0.2, 0.25) is 0 Å². The van der Waals surface area contributed by atoms with Crippen LogP contribution in [0.1, 0.15) is 16.1 Å². The van der Waals surface area contributed by atoms with E-state index in [2.05, 4.69) is 5.10 Å². The zero-order valence-electron chi connectivity index (χ0n) is 19.0. The van der Waals surface area contributed by atoms with E-state index in [0.717, 1.165) is 5.56 Å². The minimum atomic E-state index is -0.356. The number of amides is 1. The van der Waals surface area contributed by atoms with E-state index >= 15 is 0 Å². The molecule has 1 aliphatic rings. The van der Waals surface area contributed by atoms with E-state index in [4.69, 9.17) is 4.74 Å². The van der Waals surface area contributed by atoms with Crippen molar-refractivity contribution < 1.29 is 18.3 Å². The van der Waals surface area contributed by atoms with Gasteiger partial charge in [-0.2, -0.15) is 5.10 Å². The molecule has 1 saturated heterocycles. The SMILES string of the molecule is O=C(c1nn(-c2ccc(F)cc2)cc1OCc1ccccc1)N1CCN(c2ccccc2F)CC1. The molecule has 5 rings (SSSR count). The number of halogens is 2. The zero-order valence-corrected chi connectivity index (χ0v) is 19.0. The second kappa shape index (κ2) is 9.97. The van der Waals surface area contributed by atoms with Crippen LogP contribution in [0.25, 0.3) is 5.69 Å². The molecule has 1 fully saturated rings. The fourth-order valence-electron chi connectivity index (χ4n) is 4.08. The highest BCUT2D eigenvalue weighted by Crippen LogP contribution is 2.25. The van der Waals surface area contributed by atoms with Crippen molar-refractivity contribution in [2.45, 2.75) is 6.61 Å². The summed E-state index contributed by atoms with van der Waals surface area (Å²) in [5.41, 5.74) is 2.29. The molecule has 1 amide bonds. The predicted octanol–water partition coefficient (Wildman–Crippen LogP) is 4.69. The second-order valence-corrected chi connectivity index (χ2v) is 8.27. The van der Waals surface area contributed by atoms with Crippen LogP contribution in [0.4, 0.5) is 14.5 Å². The third-order valence-electron chi connectivity index (χ3n) is 5.97. The molecule has 6 nitrogen and oxygen atoms in total. The molecule has 178 valence electrons. The maximum absolute atomic E-state index is 14.2. The molecule has 0 bridgehead atoms. The number of carbonyl (C=O) groups is 1. The Labute approximate surface area is 202 Å². The fraction of sp³-hybridized carbons (Fsp3) is 0.185.